The first-order valence-electron chi connectivity index (χ1n) is 4.16. The van der Waals surface area contributed by atoms with Gasteiger partial charge >= 0.3 is 6.09 Å². The Morgan fingerprint density at radius 1 is 1.54 bits per heavy atom. The Morgan fingerprint density at radius 3 is 2.38 bits per heavy atom. The van der Waals surface area contributed by atoms with Crippen molar-refractivity contribution in [3.8, 4) is 0 Å². The van der Waals surface area contributed by atoms with Gasteiger partial charge in [0.2, 0.25) is 0 Å². The van der Waals surface area contributed by atoms with Crippen molar-refractivity contribution in [2.24, 2.45) is 11.3 Å². The fraction of sp³-hybridized carbons (Fsp3) is 0.875. The maximum absolute atomic E-state index is 10.7. The molecular weight excluding hydrogens is 172 g/mol. The molecule has 0 aromatic carbocycles. The summed E-state index contributed by atoms with van der Waals surface area (Å²) in [6, 6.07) is 0. The topological polar surface area (TPSA) is 75.8 Å². The molecular formula is C8H18N2O3. The molecule has 78 valence electrons. The molecule has 0 spiro atoms. The van der Waals surface area contributed by atoms with Crippen molar-refractivity contribution >= 4 is 6.09 Å². The number of rotatable bonds is 4. The number of nitrogens with two attached hydrogens (primary N) is 1. The van der Waals surface area contributed by atoms with Gasteiger partial charge in [-0.05, 0) is 5.41 Å². The van der Waals surface area contributed by atoms with Gasteiger partial charge in [-0.15, -0.1) is 0 Å². The molecule has 0 fully saturated rings. The van der Waals surface area contributed by atoms with Crippen molar-refractivity contribution in [2.45, 2.75) is 20.8 Å². The average Bonchev–Trinajstić information content (AvgIpc) is 1.95. The molecule has 0 aliphatic heterocycles. The van der Waals surface area contributed by atoms with E-state index in [1.165, 1.54) is 4.90 Å². The van der Waals surface area contributed by atoms with Crippen LogP contribution in [0.25, 0.3) is 0 Å². The first-order valence-corrected chi connectivity index (χ1v) is 4.16. The van der Waals surface area contributed by atoms with Crippen molar-refractivity contribution in [3.05, 3.63) is 0 Å². The number of carbonyl (C=O) groups is 1. The summed E-state index contributed by atoms with van der Waals surface area (Å²) in [7, 11) is 0. The molecule has 0 bridgehead atoms. The smallest absolute Gasteiger partial charge is 0.407 e. The Labute approximate surface area is 78.4 Å². The Hall–Kier alpha value is -0.810. The quantitative estimate of drug-likeness (QED) is 0.646. The van der Waals surface area contributed by atoms with Crippen LogP contribution in [0.15, 0.2) is 0 Å². The van der Waals surface area contributed by atoms with Gasteiger partial charge in [0.15, 0.2) is 0 Å². The molecule has 0 rings (SSSR count). The summed E-state index contributed by atoms with van der Waals surface area (Å²) in [5, 5.41) is 8.79. The van der Waals surface area contributed by atoms with Crippen LogP contribution in [0.1, 0.15) is 20.8 Å². The van der Waals surface area contributed by atoms with Crippen LogP contribution >= 0.6 is 0 Å². The van der Waals surface area contributed by atoms with Crippen LogP contribution in [0.4, 0.5) is 4.79 Å². The predicted molar refractivity (Wildman–Crippen MR) is 49.2 cm³/mol. The third kappa shape index (κ3) is 6.36. The highest BCUT2D eigenvalue weighted by atomic mass is 16.6. The number of nitrogens with zero attached hydrogens (tertiary/aromatic N) is 1. The second-order valence-corrected chi connectivity index (χ2v) is 4.14. The van der Waals surface area contributed by atoms with Gasteiger partial charge in [0.05, 0.1) is 6.61 Å². The van der Waals surface area contributed by atoms with E-state index in [1.807, 2.05) is 20.8 Å². The third-order valence-corrected chi connectivity index (χ3v) is 1.41. The molecule has 0 unspecified atom stereocenters. The van der Waals surface area contributed by atoms with Crippen molar-refractivity contribution in [1.29, 1.82) is 0 Å². The van der Waals surface area contributed by atoms with E-state index in [0.29, 0.717) is 13.1 Å². The Bertz CT molecular complexity index is 165. The highest BCUT2D eigenvalue weighted by molar-refractivity contribution is 5.64. The van der Waals surface area contributed by atoms with Gasteiger partial charge in [0, 0.05) is 13.1 Å². The van der Waals surface area contributed by atoms with Crippen molar-refractivity contribution in [3.63, 3.8) is 0 Å². The second-order valence-electron chi connectivity index (χ2n) is 4.14. The number of amides is 1. The standard InChI is InChI=1S/C8H18N2O3/c1-8(2,3)6-10(7(11)12)4-5-13-9/h4-6,9H2,1-3H3,(H,11,12). The zero-order valence-electron chi connectivity index (χ0n) is 8.41. The van der Waals surface area contributed by atoms with Crippen LogP contribution in [0, 0.1) is 5.41 Å². The molecule has 5 heteroatoms. The predicted octanol–water partition coefficient (Wildman–Crippen LogP) is 0.903. The van der Waals surface area contributed by atoms with Gasteiger partial charge in [0.25, 0.3) is 0 Å². The van der Waals surface area contributed by atoms with Crippen LogP contribution < -0.4 is 5.90 Å². The zero-order valence-corrected chi connectivity index (χ0v) is 8.41. The largest absolute Gasteiger partial charge is 0.465 e. The first-order chi connectivity index (χ1) is 5.87. The SMILES string of the molecule is CC(C)(C)CN(CCON)C(=O)O. The van der Waals surface area contributed by atoms with E-state index in [9.17, 15) is 4.79 Å². The van der Waals surface area contributed by atoms with Gasteiger partial charge in [0.1, 0.15) is 0 Å². The fourth-order valence-electron chi connectivity index (χ4n) is 0.978. The average molecular weight is 190 g/mol. The lowest BCUT2D eigenvalue weighted by Gasteiger charge is -2.27. The van der Waals surface area contributed by atoms with E-state index >= 15 is 0 Å². The van der Waals surface area contributed by atoms with Gasteiger partial charge < -0.3 is 14.8 Å². The second kappa shape index (κ2) is 5.04. The van der Waals surface area contributed by atoms with Crippen molar-refractivity contribution in [1.82, 2.24) is 4.90 Å². The minimum Gasteiger partial charge on any atom is -0.465 e. The lowest BCUT2D eigenvalue weighted by molar-refractivity contribution is 0.0827. The van der Waals surface area contributed by atoms with E-state index in [-0.39, 0.29) is 12.0 Å². The van der Waals surface area contributed by atoms with E-state index in [1.54, 1.807) is 0 Å². The molecule has 0 saturated heterocycles. The number of carboxylic acid groups (broad SMARTS) is 1. The molecule has 3 N–H and O–H groups in total. The van der Waals surface area contributed by atoms with E-state index in [4.69, 9.17) is 11.0 Å². The molecule has 0 aromatic rings. The Morgan fingerprint density at radius 2 is 2.08 bits per heavy atom. The summed E-state index contributed by atoms with van der Waals surface area (Å²) >= 11 is 0. The van der Waals surface area contributed by atoms with Gasteiger partial charge in [-0.3, -0.25) is 0 Å². The molecule has 0 aromatic heterocycles. The maximum Gasteiger partial charge on any atom is 0.407 e. The number of hydrogen-bond acceptors (Lipinski definition) is 3. The molecule has 1 amide bonds. The minimum atomic E-state index is -0.938. The lowest BCUT2D eigenvalue weighted by atomic mass is 9.96. The van der Waals surface area contributed by atoms with Gasteiger partial charge in [-0.2, -0.15) is 0 Å². The third-order valence-electron chi connectivity index (χ3n) is 1.41. The van der Waals surface area contributed by atoms with Crippen LogP contribution in [-0.4, -0.2) is 35.8 Å². The van der Waals surface area contributed by atoms with Crippen molar-refractivity contribution in [2.75, 3.05) is 19.7 Å². The van der Waals surface area contributed by atoms with E-state index in [2.05, 4.69) is 4.84 Å². The lowest BCUT2D eigenvalue weighted by Crippen LogP contribution is -2.39. The van der Waals surface area contributed by atoms with Crippen molar-refractivity contribution < 1.29 is 14.7 Å². The molecule has 5 nitrogen and oxygen atoms in total. The summed E-state index contributed by atoms with van der Waals surface area (Å²) in [6.45, 7) is 6.95. The Balaban J connectivity index is 4.03. The monoisotopic (exact) mass is 190 g/mol. The fourth-order valence-corrected chi connectivity index (χ4v) is 0.978. The highest BCUT2D eigenvalue weighted by Crippen LogP contribution is 2.14. The highest BCUT2D eigenvalue weighted by Gasteiger charge is 2.19. The zero-order chi connectivity index (χ0) is 10.5. The van der Waals surface area contributed by atoms with Gasteiger partial charge in [-0.1, -0.05) is 20.8 Å². The van der Waals surface area contributed by atoms with Gasteiger partial charge in [-0.25, -0.2) is 10.7 Å². The summed E-state index contributed by atoms with van der Waals surface area (Å²) in [5.74, 6) is 4.82. The van der Waals surface area contributed by atoms with Crippen LogP contribution in [0.3, 0.4) is 0 Å². The Kier molecular flexibility index (Phi) is 4.72. The van der Waals surface area contributed by atoms with E-state index in [0.717, 1.165) is 0 Å². The van der Waals surface area contributed by atoms with Crippen LogP contribution in [0.2, 0.25) is 0 Å². The summed E-state index contributed by atoms with van der Waals surface area (Å²) in [4.78, 5) is 16.3. The molecule has 0 saturated carbocycles. The van der Waals surface area contributed by atoms with E-state index < -0.39 is 6.09 Å². The molecule has 13 heavy (non-hydrogen) atoms. The first kappa shape index (κ1) is 12.2. The van der Waals surface area contributed by atoms with Crippen LogP contribution in [0.5, 0.6) is 0 Å². The summed E-state index contributed by atoms with van der Waals surface area (Å²) < 4.78 is 0. The molecule has 0 aliphatic carbocycles. The minimum absolute atomic E-state index is 0.0486. The summed E-state index contributed by atoms with van der Waals surface area (Å²) in [5.41, 5.74) is -0.0486. The maximum atomic E-state index is 10.7. The normalized spacial score (nSPS) is 11.4. The molecule has 0 aliphatic rings. The molecule has 0 heterocycles. The van der Waals surface area contributed by atoms with Crippen LogP contribution in [-0.2, 0) is 4.84 Å². The summed E-state index contributed by atoms with van der Waals surface area (Å²) in [6.07, 6.45) is -0.938. The number of hydrogen-bond donors (Lipinski definition) is 2. The molecule has 0 atom stereocenters. The molecule has 0 radical (unpaired) electrons.